The summed E-state index contributed by atoms with van der Waals surface area (Å²) >= 11 is 0. The predicted octanol–water partition coefficient (Wildman–Crippen LogP) is 1.51. The summed E-state index contributed by atoms with van der Waals surface area (Å²) in [4.78, 5) is 2.45. The number of likely N-dealkylation sites (N-methyl/N-ethyl adjacent to an activating group) is 1. The second-order valence-electron chi connectivity index (χ2n) is 7.38. The lowest BCUT2D eigenvalue weighted by Gasteiger charge is -2.56. The fourth-order valence-electron chi connectivity index (χ4n) is 5.50. The Kier molecular flexibility index (Phi) is 2.28. The number of aromatic hydroxyl groups is 1. The van der Waals surface area contributed by atoms with Crippen LogP contribution in [0.2, 0.25) is 0 Å². The van der Waals surface area contributed by atoms with Crippen LogP contribution in [0.1, 0.15) is 23.1 Å². The predicted molar refractivity (Wildman–Crippen MR) is 82.3 cm³/mol. The van der Waals surface area contributed by atoms with Gasteiger partial charge in [0.25, 0.3) is 0 Å². The second-order valence-corrected chi connectivity index (χ2v) is 7.38. The van der Waals surface area contributed by atoms with E-state index in [1.54, 1.807) is 0 Å². The number of hydrogen-bond donors (Lipinski definition) is 2. The summed E-state index contributed by atoms with van der Waals surface area (Å²) in [6, 6.07) is 2.27. The lowest BCUT2D eigenvalue weighted by atomic mass is 9.53. The minimum atomic E-state index is -0.599. The Balaban J connectivity index is 1.87. The SMILES string of the molecule is Cc1cc(O)c2c3c1C[C@@H]1[C@@H]4C=C[C@H](O)[C@H](O2)[C@]34CCN1C. The van der Waals surface area contributed by atoms with Crippen LogP contribution in [0.25, 0.3) is 0 Å². The van der Waals surface area contributed by atoms with Crippen LogP contribution in [0.4, 0.5) is 0 Å². The molecule has 2 heterocycles. The van der Waals surface area contributed by atoms with E-state index in [9.17, 15) is 10.2 Å². The van der Waals surface area contributed by atoms with Gasteiger partial charge in [0.2, 0.25) is 0 Å². The van der Waals surface area contributed by atoms with Gasteiger partial charge in [-0.1, -0.05) is 12.2 Å². The van der Waals surface area contributed by atoms with E-state index >= 15 is 0 Å². The third-order valence-corrected chi connectivity index (χ3v) is 6.50. The summed E-state index contributed by atoms with van der Waals surface area (Å²) in [6.07, 6.45) is 5.19. The van der Waals surface area contributed by atoms with Crippen molar-refractivity contribution in [3.63, 3.8) is 0 Å². The minimum absolute atomic E-state index is 0.169. The van der Waals surface area contributed by atoms with Crippen LogP contribution in [0.15, 0.2) is 18.2 Å². The van der Waals surface area contributed by atoms with Crippen molar-refractivity contribution in [3.05, 3.63) is 34.9 Å². The molecule has 2 aliphatic heterocycles. The molecule has 1 spiro atoms. The van der Waals surface area contributed by atoms with Gasteiger partial charge in [-0.05, 0) is 50.6 Å². The van der Waals surface area contributed by atoms with E-state index in [1.165, 1.54) is 11.1 Å². The molecule has 0 amide bonds. The summed E-state index contributed by atoms with van der Waals surface area (Å²) in [7, 11) is 2.20. The number of hydrogen-bond acceptors (Lipinski definition) is 4. The van der Waals surface area contributed by atoms with E-state index in [4.69, 9.17) is 4.74 Å². The number of aryl methyl sites for hydroxylation is 1. The van der Waals surface area contributed by atoms with Gasteiger partial charge in [-0.3, -0.25) is 0 Å². The highest BCUT2D eigenvalue weighted by Crippen LogP contribution is 2.62. The molecule has 0 aromatic heterocycles. The molecule has 2 aliphatic carbocycles. The summed E-state index contributed by atoms with van der Waals surface area (Å²) in [6.45, 7) is 3.08. The van der Waals surface area contributed by atoms with Crippen LogP contribution in [0, 0.1) is 12.8 Å². The van der Waals surface area contributed by atoms with Crippen LogP contribution in [0.3, 0.4) is 0 Å². The number of phenolic OH excluding ortho intramolecular Hbond substituents is 1. The van der Waals surface area contributed by atoms with Gasteiger partial charge in [-0.2, -0.15) is 0 Å². The minimum Gasteiger partial charge on any atom is -0.504 e. The lowest BCUT2D eigenvalue weighted by molar-refractivity contribution is -0.0453. The van der Waals surface area contributed by atoms with Crippen LogP contribution >= 0.6 is 0 Å². The lowest BCUT2D eigenvalue weighted by Crippen LogP contribution is -2.64. The van der Waals surface area contributed by atoms with Gasteiger partial charge in [0.05, 0.1) is 0 Å². The van der Waals surface area contributed by atoms with Crippen LogP contribution in [0.5, 0.6) is 11.5 Å². The fourth-order valence-corrected chi connectivity index (χ4v) is 5.50. The smallest absolute Gasteiger partial charge is 0.165 e. The number of rotatable bonds is 0. The largest absolute Gasteiger partial charge is 0.504 e. The molecule has 0 radical (unpaired) electrons. The van der Waals surface area contributed by atoms with Crippen molar-refractivity contribution in [2.24, 2.45) is 5.92 Å². The maximum atomic E-state index is 10.5. The Bertz CT molecular complexity index is 713. The number of nitrogens with zero attached hydrogens (tertiary/aromatic N) is 1. The Morgan fingerprint density at radius 3 is 3.00 bits per heavy atom. The first kappa shape index (κ1) is 13.0. The number of piperidine rings is 1. The standard InChI is InChI=1S/C18H21NO3/c1-9-7-14(21)16-15-10(9)8-12-11-3-4-13(20)17(22-16)18(11,15)5-6-19(12)2/h3-4,7,11-13,17,20-21H,5-6,8H2,1-2H3/t11-,12+,13-,17-,18-/m0/s1. The Morgan fingerprint density at radius 1 is 1.36 bits per heavy atom. The normalized spacial score (nSPS) is 41.2. The Hall–Kier alpha value is -1.52. The number of phenols is 1. The van der Waals surface area contributed by atoms with E-state index in [0.29, 0.717) is 17.7 Å². The van der Waals surface area contributed by atoms with Gasteiger partial charge in [0.1, 0.15) is 12.2 Å². The molecular weight excluding hydrogens is 278 g/mol. The quantitative estimate of drug-likeness (QED) is 0.713. The summed E-state index contributed by atoms with van der Waals surface area (Å²) < 4.78 is 6.14. The molecule has 5 rings (SSSR count). The zero-order valence-electron chi connectivity index (χ0n) is 12.9. The average Bonchev–Trinajstić information content (AvgIpc) is 2.83. The van der Waals surface area contributed by atoms with Crippen molar-refractivity contribution in [1.82, 2.24) is 4.90 Å². The maximum absolute atomic E-state index is 10.5. The Morgan fingerprint density at radius 2 is 2.18 bits per heavy atom. The molecule has 1 saturated heterocycles. The summed E-state index contributed by atoms with van der Waals surface area (Å²) in [5.41, 5.74) is 3.48. The van der Waals surface area contributed by atoms with E-state index in [0.717, 1.165) is 24.9 Å². The first-order valence-corrected chi connectivity index (χ1v) is 8.13. The van der Waals surface area contributed by atoms with Crippen molar-refractivity contribution in [3.8, 4) is 11.5 Å². The molecule has 116 valence electrons. The molecule has 4 nitrogen and oxygen atoms in total. The molecular formula is C18H21NO3. The number of likely N-dealkylation sites (tertiary alicyclic amines) is 1. The highest BCUT2D eigenvalue weighted by atomic mass is 16.5. The average molecular weight is 299 g/mol. The molecule has 1 aromatic carbocycles. The zero-order chi connectivity index (χ0) is 15.2. The van der Waals surface area contributed by atoms with Gasteiger partial charge in [-0.15, -0.1) is 0 Å². The van der Waals surface area contributed by atoms with Gasteiger partial charge in [0, 0.05) is 22.9 Å². The van der Waals surface area contributed by atoms with Gasteiger partial charge >= 0.3 is 0 Å². The third-order valence-electron chi connectivity index (χ3n) is 6.50. The Labute approximate surface area is 130 Å². The molecule has 4 aliphatic rings. The van der Waals surface area contributed by atoms with Crippen molar-refractivity contribution in [1.29, 1.82) is 0 Å². The van der Waals surface area contributed by atoms with Crippen LogP contribution in [-0.2, 0) is 11.8 Å². The van der Waals surface area contributed by atoms with Crippen molar-refractivity contribution < 1.29 is 14.9 Å². The molecule has 5 atom stereocenters. The third kappa shape index (κ3) is 1.24. The molecule has 0 unspecified atom stereocenters. The van der Waals surface area contributed by atoms with E-state index in [2.05, 4.69) is 24.9 Å². The van der Waals surface area contributed by atoms with Crippen LogP contribution in [-0.4, -0.2) is 47.0 Å². The summed E-state index contributed by atoms with van der Waals surface area (Å²) in [5, 5.41) is 20.9. The highest BCUT2D eigenvalue weighted by molar-refractivity contribution is 5.63. The maximum Gasteiger partial charge on any atom is 0.165 e. The van der Waals surface area contributed by atoms with Gasteiger partial charge in [-0.25, -0.2) is 0 Å². The van der Waals surface area contributed by atoms with Crippen LogP contribution < -0.4 is 4.74 Å². The molecule has 2 N–H and O–H groups in total. The van der Waals surface area contributed by atoms with E-state index < -0.39 is 6.10 Å². The number of aliphatic hydroxyl groups is 1. The van der Waals surface area contributed by atoms with Crippen molar-refractivity contribution >= 4 is 0 Å². The molecule has 0 saturated carbocycles. The van der Waals surface area contributed by atoms with Crippen molar-refractivity contribution in [2.45, 2.75) is 43.4 Å². The molecule has 4 heteroatoms. The van der Waals surface area contributed by atoms with E-state index in [-0.39, 0.29) is 17.3 Å². The number of aliphatic hydroxyl groups excluding tert-OH is 1. The topological polar surface area (TPSA) is 52.9 Å². The van der Waals surface area contributed by atoms with Crippen molar-refractivity contribution in [2.75, 3.05) is 13.6 Å². The molecule has 22 heavy (non-hydrogen) atoms. The van der Waals surface area contributed by atoms with Gasteiger partial charge < -0.3 is 19.8 Å². The molecule has 2 bridgehead atoms. The monoisotopic (exact) mass is 299 g/mol. The first-order chi connectivity index (χ1) is 10.5. The zero-order valence-corrected chi connectivity index (χ0v) is 12.9. The highest BCUT2D eigenvalue weighted by Gasteiger charge is 2.64. The summed E-state index contributed by atoms with van der Waals surface area (Å²) in [5.74, 6) is 1.21. The molecule has 1 fully saturated rings. The van der Waals surface area contributed by atoms with Gasteiger partial charge in [0.15, 0.2) is 11.5 Å². The number of benzene rings is 1. The fraction of sp³-hybridized carbons (Fsp3) is 0.556. The molecule has 1 aromatic rings. The second kappa shape index (κ2) is 3.87. The number of ether oxygens (including phenoxy) is 1. The van der Waals surface area contributed by atoms with E-state index in [1.807, 2.05) is 12.1 Å². The first-order valence-electron chi connectivity index (χ1n) is 8.13.